The first-order chi connectivity index (χ1) is 13.5. The standard InChI is InChI=1S/C24H34O5/c1-14-7-8-18-17(11-14)12-15(2)22(4)13-20(27-24(18,22)6)23(5)10-9-19(28-29-23)16(3)21(25)26/h7-8,11,15-16,19-20H,9-10,12-13H2,1-6H3,(H,25,26)/t15-,16-,19+,20-,22-,23+,24+/m0/s1. The molecule has 0 amide bonds. The largest absolute Gasteiger partial charge is 0.481 e. The van der Waals surface area contributed by atoms with E-state index >= 15 is 0 Å². The number of hydrogen-bond acceptors (Lipinski definition) is 4. The minimum Gasteiger partial charge on any atom is -0.481 e. The van der Waals surface area contributed by atoms with Crippen molar-refractivity contribution in [3.63, 3.8) is 0 Å². The van der Waals surface area contributed by atoms with Gasteiger partial charge >= 0.3 is 5.97 Å². The summed E-state index contributed by atoms with van der Waals surface area (Å²) < 4.78 is 6.86. The first-order valence-electron chi connectivity index (χ1n) is 10.9. The molecule has 0 bridgehead atoms. The second-order valence-electron chi connectivity index (χ2n) is 10.2. The Morgan fingerprint density at radius 1 is 1.28 bits per heavy atom. The Balaban J connectivity index is 1.60. The molecule has 0 saturated carbocycles. The van der Waals surface area contributed by atoms with Gasteiger partial charge in [-0.1, -0.05) is 37.6 Å². The molecule has 160 valence electrons. The molecule has 0 aromatic heterocycles. The van der Waals surface area contributed by atoms with Gasteiger partial charge in [0.05, 0.1) is 17.6 Å². The monoisotopic (exact) mass is 402 g/mol. The fourth-order valence-corrected chi connectivity index (χ4v) is 5.73. The smallest absolute Gasteiger partial charge is 0.308 e. The van der Waals surface area contributed by atoms with E-state index in [2.05, 4.69) is 45.9 Å². The Bertz CT molecular complexity index is 811. The molecule has 7 atom stereocenters. The van der Waals surface area contributed by atoms with Crippen LogP contribution in [-0.4, -0.2) is 28.9 Å². The molecule has 1 aromatic carbocycles. The van der Waals surface area contributed by atoms with Gasteiger partial charge in [-0.2, -0.15) is 0 Å². The summed E-state index contributed by atoms with van der Waals surface area (Å²) in [4.78, 5) is 22.8. The van der Waals surface area contributed by atoms with Gasteiger partial charge in [0.2, 0.25) is 0 Å². The number of aliphatic carboxylic acids is 1. The minimum absolute atomic E-state index is 0.00248. The van der Waals surface area contributed by atoms with Gasteiger partial charge in [-0.3, -0.25) is 4.79 Å². The van der Waals surface area contributed by atoms with Crippen molar-refractivity contribution in [2.75, 3.05) is 0 Å². The quantitative estimate of drug-likeness (QED) is 0.737. The van der Waals surface area contributed by atoms with Crippen LogP contribution in [0.1, 0.15) is 70.6 Å². The number of ether oxygens (including phenoxy) is 1. The summed E-state index contributed by atoms with van der Waals surface area (Å²) in [6.07, 6.45) is 2.82. The van der Waals surface area contributed by atoms with Crippen LogP contribution in [0.5, 0.6) is 0 Å². The lowest BCUT2D eigenvalue weighted by Crippen LogP contribution is -2.49. The lowest BCUT2D eigenvalue weighted by atomic mass is 9.57. The maximum Gasteiger partial charge on any atom is 0.308 e. The summed E-state index contributed by atoms with van der Waals surface area (Å²) in [5, 5.41) is 9.27. The van der Waals surface area contributed by atoms with Gasteiger partial charge in [-0.25, -0.2) is 9.78 Å². The Morgan fingerprint density at radius 2 is 2.00 bits per heavy atom. The van der Waals surface area contributed by atoms with Crippen molar-refractivity contribution in [2.45, 2.75) is 90.6 Å². The van der Waals surface area contributed by atoms with Crippen molar-refractivity contribution in [1.82, 2.24) is 0 Å². The van der Waals surface area contributed by atoms with Gasteiger partial charge in [-0.15, -0.1) is 0 Å². The summed E-state index contributed by atoms with van der Waals surface area (Å²) in [6, 6.07) is 6.71. The molecular formula is C24H34O5. The summed E-state index contributed by atoms with van der Waals surface area (Å²) in [5.74, 6) is -0.956. The number of aryl methyl sites for hydroxylation is 1. The van der Waals surface area contributed by atoms with E-state index in [1.54, 1.807) is 6.92 Å². The molecule has 2 aliphatic heterocycles. The second-order valence-corrected chi connectivity index (χ2v) is 10.2. The molecule has 29 heavy (non-hydrogen) atoms. The number of carbonyl (C=O) groups is 1. The van der Waals surface area contributed by atoms with Gasteiger partial charge in [0, 0.05) is 5.41 Å². The van der Waals surface area contributed by atoms with E-state index < -0.39 is 23.6 Å². The first-order valence-corrected chi connectivity index (χ1v) is 10.9. The SMILES string of the molecule is Cc1ccc2c(c1)C[C@H](C)[C@]1(C)C[C@@H]([C@@]3(C)CC[C@H]([C@H](C)C(=O)O)OO3)O[C@]21C. The van der Waals surface area contributed by atoms with Crippen molar-refractivity contribution in [2.24, 2.45) is 17.3 Å². The lowest BCUT2D eigenvalue weighted by molar-refractivity contribution is -0.425. The van der Waals surface area contributed by atoms with Crippen LogP contribution in [0.4, 0.5) is 0 Å². The molecule has 1 aromatic rings. The number of carboxylic acids is 1. The van der Waals surface area contributed by atoms with Crippen molar-refractivity contribution in [3.8, 4) is 0 Å². The predicted molar refractivity (Wildman–Crippen MR) is 109 cm³/mol. The van der Waals surface area contributed by atoms with Crippen LogP contribution in [0.15, 0.2) is 18.2 Å². The zero-order valence-electron chi connectivity index (χ0n) is 18.5. The summed E-state index contributed by atoms with van der Waals surface area (Å²) in [7, 11) is 0. The predicted octanol–water partition coefficient (Wildman–Crippen LogP) is 4.79. The fraction of sp³-hybridized carbons (Fsp3) is 0.708. The van der Waals surface area contributed by atoms with Crippen LogP contribution in [0, 0.1) is 24.2 Å². The highest BCUT2D eigenvalue weighted by atomic mass is 17.2. The highest BCUT2D eigenvalue weighted by molar-refractivity contribution is 5.70. The van der Waals surface area contributed by atoms with Crippen molar-refractivity contribution < 1.29 is 24.4 Å². The molecule has 2 saturated heterocycles. The molecule has 5 heteroatoms. The van der Waals surface area contributed by atoms with Gasteiger partial charge < -0.3 is 9.84 Å². The van der Waals surface area contributed by atoms with Crippen LogP contribution in [0.25, 0.3) is 0 Å². The highest BCUT2D eigenvalue weighted by Crippen LogP contribution is 2.62. The van der Waals surface area contributed by atoms with E-state index in [0.717, 1.165) is 19.3 Å². The summed E-state index contributed by atoms with van der Waals surface area (Å²) in [5.41, 5.74) is 3.01. The topological polar surface area (TPSA) is 65.0 Å². The van der Waals surface area contributed by atoms with Gasteiger partial charge in [-0.05, 0) is 70.4 Å². The molecule has 4 rings (SSSR count). The van der Waals surface area contributed by atoms with E-state index in [9.17, 15) is 9.90 Å². The Morgan fingerprint density at radius 3 is 2.62 bits per heavy atom. The van der Waals surface area contributed by atoms with Crippen LogP contribution in [-0.2, 0) is 31.3 Å². The molecule has 0 radical (unpaired) electrons. The van der Waals surface area contributed by atoms with Crippen molar-refractivity contribution in [1.29, 1.82) is 0 Å². The molecule has 2 heterocycles. The van der Waals surface area contributed by atoms with Crippen LogP contribution in [0.3, 0.4) is 0 Å². The third kappa shape index (κ3) is 3.05. The van der Waals surface area contributed by atoms with Crippen LogP contribution < -0.4 is 0 Å². The average molecular weight is 403 g/mol. The highest BCUT2D eigenvalue weighted by Gasteiger charge is 2.63. The molecule has 0 unspecified atom stereocenters. The maximum absolute atomic E-state index is 11.3. The maximum atomic E-state index is 11.3. The van der Waals surface area contributed by atoms with E-state index in [4.69, 9.17) is 14.5 Å². The normalized spacial score (nSPS) is 42.8. The molecule has 0 spiro atoms. The summed E-state index contributed by atoms with van der Waals surface area (Å²) >= 11 is 0. The molecule has 1 aliphatic carbocycles. The Labute approximate surface area is 173 Å². The number of fused-ring (bicyclic) bond motifs is 3. The Kier molecular flexibility index (Phi) is 4.88. The van der Waals surface area contributed by atoms with E-state index in [0.29, 0.717) is 12.3 Å². The molecular weight excluding hydrogens is 368 g/mol. The molecule has 3 aliphatic rings. The van der Waals surface area contributed by atoms with Gasteiger partial charge in [0.25, 0.3) is 0 Å². The first kappa shape index (κ1) is 20.8. The minimum atomic E-state index is -0.855. The number of carboxylic acid groups (broad SMARTS) is 1. The lowest BCUT2D eigenvalue weighted by Gasteiger charge is -2.49. The van der Waals surface area contributed by atoms with Crippen molar-refractivity contribution >= 4 is 5.97 Å². The van der Waals surface area contributed by atoms with Crippen LogP contribution in [0.2, 0.25) is 0 Å². The summed E-state index contributed by atoms with van der Waals surface area (Å²) in [6.45, 7) is 12.8. The molecule has 5 nitrogen and oxygen atoms in total. The number of benzene rings is 1. The van der Waals surface area contributed by atoms with Crippen molar-refractivity contribution in [3.05, 3.63) is 34.9 Å². The van der Waals surface area contributed by atoms with E-state index in [1.807, 2.05) is 6.92 Å². The van der Waals surface area contributed by atoms with E-state index in [1.165, 1.54) is 16.7 Å². The average Bonchev–Trinajstić information content (AvgIpc) is 2.96. The fourth-order valence-electron chi connectivity index (χ4n) is 5.73. The Hall–Kier alpha value is -1.43. The van der Waals surface area contributed by atoms with E-state index in [-0.39, 0.29) is 17.1 Å². The zero-order chi connectivity index (χ0) is 21.2. The third-order valence-corrected chi connectivity index (χ3v) is 8.38. The molecule has 1 N–H and O–H groups in total. The zero-order valence-corrected chi connectivity index (χ0v) is 18.5. The number of hydrogen-bond donors (Lipinski definition) is 1. The molecule has 2 fully saturated rings. The van der Waals surface area contributed by atoms with Crippen LogP contribution >= 0.6 is 0 Å². The van der Waals surface area contributed by atoms with Gasteiger partial charge in [0.1, 0.15) is 11.7 Å². The second kappa shape index (κ2) is 6.79. The number of rotatable bonds is 3. The third-order valence-electron chi connectivity index (χ3n) is 8.38. The van der Waals surface area contributed by atoms with Gasteiger partial charge in [0.15, 0.2) is 0 Å².